The van der Waals surface area contributed by atoms with Gasteiger partial charge in [-0.25, -0.2) is 0 Å². The van der Waals surface area contributed by atoms with Crippen molar-refractivity contribution in [1.82, 2.24) is 10.1 Å². The molecule has 0 fully saturated rings. The van der Waals surface area contributed by atoms with Gasteiger partial charge in [0.15, 0.2) is 5.82 Å². The number of benzene rings is 3. The molecule has 1 aromatic heterocycles. The molecule has 3 nitrogen and oxygen atoms in total. The van der Waals surface area contributed by atoms with Crippen LogP contribution in [0, 0.1) is 11.3 Å². The number of halogens is 3. The number of unbranched alkanes of at least 4 members (excludes halogenated alkanes) is 8. The van der Waals surface area contributed by atoms with Gasteiger partial charge in [-0.3, -0.25) is 0 Å². The summed E-state index contributed by atoms with van der Waals surface area (Å²) in [6.45, 7) is 8.68. The van der Waals surface area contributed by atoms with Crippen LogP contribution in [0.15, 0.2) is 65.2 Å². The molecule has 225 valence electrons. The fourth-order valence-electron chi connectivity index (χ4n) is 5.59. The minimum Gasteiger partial charge on any atom is -0.334 e. The molecule has 0 aliphatic heterocycles. The molecule has 1 heterocycles. The van der Waals surface area contributed by atoms with E-state index in [9.17, 15) is 13.2 Å². The largest absolute Gasteiger partial charge is 0.416 e. The van der Waals surface area contributed by atoms with Crippen molar-refractivity contribution < 1.29 is 17.7 Å². The van der Waals surface area contributed by atoms with Crippen LogP contribution in [0.5, 0.6) is 0 Å². The van der Waals surface area contributed by atoms with Gasteiger partial charge >= 0.3 is 6.18 Å². The molecule has 0 saturated carbocycles. The Morgan fingerprint density at radius 3 is 1.98 bits per heavy atom. The van der Waals surface area contributed by atoms with Crippen LogP contribution in [0.3, 0.4) is 0 Å². The summed E-state index contributed by atoms with van der Waals surface area (Å²) < 4.78 is 45.1. The van der Waals surface area contributed by atoms with Crippen LogP contribution >= 0.6 is 0 Å². The zero-order valence-corrected chi connectivity index (χ0v) is 25.5. The van der Waals surface area contributed by atoms with E-state index in [1.807, 2.05) is 18.2 Å². The normalized spacial score (nSPS) is 12.5. The van der Waals surface area contributed by atoms with Gasteiger partial charge in [0.05, 0.1) is 5.56 Å². The highest BCUT2D eigenvalue weighted by Gasteiger charge is 2.32. The average molecular weight is 578 g/mol. The molecule has 0 bridgehead atoms. The molecule has 42 heavy (non-hydrogen) atoms. The summed E-state index contributed by atoms with van der Waals surface area (Å²) >= 11 is 0. The van der Waals surface area contributed by atoms with Gasteiger partial charge in [0.2, 0.25) is 0 Å². The summed E-state index contributed by atoms with van der Waals surface area (Å²) in [6.07, 6.45) is 8.46. The molecule has 0 N–H and O–H groups in total. The number of fused-ring (bicyclic) bond motifs is 1. The maximum atomic E-state index is 13.1. The highest BCUT2D eigenvalue weighted by atomic mass is 19.4. The number of alkyl halides is 3. The van der Waals surface area contributed by atoms with Crippen molar-refractivity contribution in [1.29, 1.82) is 0 Å². The third-order valence-electron chi connectivity index (χ3n) is 8.02. The van der Waals surface area contributed by atoms with Gasteiger partial charge in [-0.1, -0.05) is 127 Å². The topological polar surface area (TPSA) is 38.9 Å². The first-order valence-corrected chi connectivity index (χ1v) is 15.5. The van der Waals surface area contributed by atoms with Crippen LogP contribution in [0.25, 0.3) is 22.2 Å². The molecule has 6 heteroatoms. The Kier molecular flexibility index (Phi) is 10.9. The lowest BCUT2D eigenvalue weighted by molar-refractivity contribution is -0.137. The molecule has 4 aromatic rings. The van der Waals surface area contributed by atoms with Crippen LogP contribution < -0.4 is 0 Å². The summed E-state index contributed by atoms with van der Waals surface area (Å²) in [5, 5.41) is 6.35. The van der Waals surface area contributed by atoms with E-state index in [1.54, 1.807) is 12.1 Å². The molecule has 0 saturated heterocycles. The predicted molar refractivity (Wildman–Crippen MR) is 165 cm³/mol. The van der Waals surface area contributed by atoms with Crippen LogP contribution in [-0.2, 0) is 19.0 Å². The summed E-state index contributed by atoms with van der Waals surface area (Å²) in [7, 11) is 0. The molecule has 0 unspecified atom stereocenters. The van der Waals surface area contributed by atoms with Crippen molar-refractivity contribution >= 4 is 10.8 Å². The lowest BCUT2D eigenvalue weighted by Gasteiger charge is -2.32. The van der Waals surface area contributed by atoms with E-state index in [1.165, 1.54) is 63.5 Å². The van der Waals surface area contributed by atoms with Gasteiger partial charge in [-0.05, 0) is 58.4 Å². The minimum absolute atomic E-state index is 0.208. The van der Waals surface area contributed by atoms with E-state index < -0.39 is 11.7 Å². The smallest absolute Gasteiger partial charge is 0.334 e. The molecular formula is C36H44F3N2O. The first kappa shape index (κ1) is 31.8. The lowest BCUT2D eigenvalue weighted by Crippen LogP contribution is -2.22. The third-order valence-corrected chi connectivity index (χ3v) is 8.02. The number of rotatable bonds is 14. The Hall–Kier alpha value is -3.15. The van der Waals surface area contributed by atoms with E-state index in [-0.39, 0.29) is 5.41 Å². The van der Waals surface area contributed by atoms with Crippen LogP contribution in [0.2, 0.25) is 0 Å². The quantitative estimate of drug-likeness (QED) is 0.140. The van der Waals surface area contributed by atoms with Gasteiger partial charge in [0.1, 0.15) is 0 Å². The second kappa shape index (κ2) is 14.3. The maximum Gasteiger partial charge on any atom is 0.416 e. The Morgan fingerprint density at radius 1 is 0.738 bits per heavy atom. The van der Waals surface area contributed by atoms with Crippen molar-refractivity contribution in [3.8, 4) is 11.5 Å². The van der Waals surface area contributed by atoms with Crippen LogP contribution in [0.1, 0.15) is 108 Å². The van der Waals surface area contributed by atoms with Crippen molar-refractivity contribution in [2.24, 2.45) is 5.41 Å². The second-order valence-corrected chi connectivity index (χ2v) is 12.4. The Morgan fingerprint density at radius 2 is 1.36 bits per heavy atom. The van der Waals surface area contributed by atoms with Crippen molar-refractivity contribution in [2.45, 2.75) is 105 Å². The molecule has 0 atom stereocenters. The Labute approximate surface area is 248 Å². The number of nitrogens with zero attached hydrogens (tertiary/aromatic N) is 2. The van der Waals surface area contributed by atoms with Crippen molar-refractivity contribution in [3.63, 3.8) is 0 Å². The molecule has 4 rings (SSSR count). The molecule has 1 radical (unpaired) electrons. The highest BCUT2D eigenvalue weighted by Crippen LogP contribution is 2.42. The van der Waals surface area contributed by atoms with Crippen LogP contribution in [0.4, 0.5) is 13.2 Å². The van der Waals surface area contributed by atoms with Crippen LogP contribution in [-0.4, -0.2) is 10.1 Å². The SMILES string of the molecule is CCCCCCCCCCCc1noc(-c2ccc([C](Cc3ccc(C(F)(F)F)cc3)C(C)(C)C)c3ccccc23)n1. The summed E-state index contributed by atoms with van der Waals surface area (Å²) in [6, 6.07) is 17.8. The van der Waals surface area contributed by atoms with Gasteiger partial charge in [-0.2, -0.15) is 18.2 Å². The molecule has 3 aromatic carbocycles. The first-order valence-electron chi connectivity index (χ1n) is 15.5. The van der Waals surface area contributed by atoms with Crippen molar-refractivity contribution in [2.75, 3.05) is 0 Å². The van der Waals surface area contributed by atoms with Gasteiger partial charge in [0, 0.05) is 17.9 Å². The van der Waals surface area contributed by atoms with E-state index >= 15 is 0 Å². The summed E-state index contributed by atoms with van der Waals surface area (Å²) in [4.78, 5) is 4.74. The minimum atomic E-state index is -4.34. The monoisotopic (exact) mass is 577 g/mol. The maximum absolute atomic E-state index is 13.1. The zero-order valence-electron chi connectivity index (χ0n) is 25.5. The molecule has 0 aliphatic carbocycles. The van der Waals surface area contributed by atoms with E-state index in [4.69, 9.17) is 9.51 Å². The highest BCUT2D eigenvalue weighted by molar-refractivity contribution is 5.98. The van der Waals surface area contributed by atoms with Gasteiger partial charge < -0.3 is 4.52 Å². The number of aryl methyl sites for hydroxylation is 1. The Balaban J connectivity index is 1.49. The fourth-order valence-corrected chi connectivity index (χ4v) is 5.59. The van der Waals surface area contributed by atoms with Gasteiger partial charge in [-0.15, -0.1) is 0 Å². The number of hydrogen-bond donors (Lipinski definition) is 0. The van der Waals surface area contributed by atoms with E-state index in [0.29, 0.717) is 12.3 Å². The number of aromatic nitrogens is 2. The molecule has 0 amide bonds. The molecular weight excluding hydrogens is 533 g/mol. The molecule has 0 spiro atoms. The summed E-state index contributed by atoms with van der Waals surface area (Å²) in [5.41, 5.74) is 1.98. The molecule has 0 aliphatic rings. The van der Waals surface area contributed by atoms with Gasteiger partial charge in [0.25, 0.3) is 5.89 Å². The number of hydrogen-bond acceptors (Lipinski definition) is 3. The Bertz CT molecular complexity index is 1400. The van der Waals surface area contributed by atoms with Crippen molar-refractivity contribution in [3.05, 3.63) is 89.1 Å². The van der Waals surface area contributed by atoms with E-state index in [0.717, 1.165) is 52.0 Å². The lowest BCUT2D eigenvalue weighted by atomic mass is 9.72. The zero-order chi connectivity index (χ0) is 30.2. The average Bonchev–Trinajstić information content (AvgIpc) is 3.42. The fraction of sp³-hybridized carbons (Fsp3) is 0.472. The second-order valence-electron chi connectivity index (χ2n) is 12.4. The first-order chi connectivity index (χ1) is 20.1. The summed E-state index contributed by atoms with van der Waals surface area (Å²) in [5.74, 6) is 2.41. The third kappa shape index (κ3) is 8.45. The predicted octanol–water partition coefficient (Wildman–Crippen LogP) is 11.2. The standard InChI is InChI=1S/C36H44F3N2O/c1-5-6-7-8-9-10-11-12-13-18-33-40-34(42-41-33)31-24-23-30(28-16-14-15-17-29(28)31)32(35(2,3)4)25-26-19-21-27(22-20-26)36(37,38)39/h14-17,19-24H,5-13,18,25H2,1-4H3. The van der Waals surface area contributed by atoms with E-state index in [2.05, 4.69) is 51.1 Å².